The number of benzene rings is 1. The fraction of sp³-hybridized carbons (Fsp3) is 0.632. The Balaban J connectivity index is 1.92. The highest BCUT2D eigenvalue weighted by molar-refractivity contribution is 5.17. The van der Waals surface area contributed by atoms with Crippen LogP contribution in [0.25, 0.3) is 0 Å². The first-order valence-corrected chi connectivity index (χ1v) is 8.36. The number of hydrogen-bond donors (Lipinski definition) is 1. The molecule has 1 fully saturated rings. The molecule has 1 aromatic rings. The first-order valence-electron chi connectivity index (χ1n) is 8.36. The van der Waals surface area contributed by atoms with E-state index in [1.54, 1.807) is 0 Å². The lowest BCUT2D eigenvalue weighted by molar-refractivity contribution is 0.0973. The minimum Gasteiger partial charge on any atom is -0.388 e. The van der Waals surface area contributed by atoms with Crippen molar-refractivity contribution in [3.05, 3.63) is 35.9 Å². The summed E-state index contributed by atoms with van der Waals surface area (Å²) in [5.74, 6) is 0. The molecule has 0 aliphatic carbocycles. The fourth-order valence-corrected chi connectivity index (χ4v) is 3.46. The quantitative estimate of drug-likeness (QED) is 0.830. The average molecular weight is 300 g/mol. The van der Waals surface area contributed by atoms with Gasteiger partial charge in [-0.1, -0.05) is 44.2 Å². The third kappa shape index (κ3) is 4.83. The topological polar surface area (TPSA) is 47.3 Å². The van der Waals surface area contributed by atoms with Crippen LogP contribution in [0.15, 0.2) is 30.3 Å². The van der Waals surface area contributed by atoms with Gasteiger partial charge in [0.05, 0.1) is 12.2 Å². The summed E-state index contributed by atoms with van der Waals surface area (Å²) in [6.45, 7) is 6.61. The molecular formula is C19H28N2O. The molecule has 1 aliphatic rings. The SMILES string of the molecule is CC(C)(CCC#N)CN1CCCC1CC(O)c1ccccc1. The second-order valence-electron chi connectivity index (χ2n) is 7.25. The molecule has 1 heterocycles. The van der Waals surface area contributed by atoms with Gasteiger partial charge in [-0.25, -0.2) is 0 Å². The van der Waals surface area contributed by atoms with Gasteiger partial charge in [-0.3, -0.25) is 4.90 Å². The molecule has 1 aliphatic heterocycles. The Kier molecular flexibility index (Phi) is 5.99. The number of rotatable bonds is 7. The lowest BCUT2D eigenvalue weighted by atomic mass is 9.87. The Bertz CT molecular complexity index is 492. The van der Waals surface area contributed by atoms with Crippen molar-refractivity contribution in [3.8, 4) is 6.07 Å². The molecule has 1 saturated heterocycles. The van der Waals surface area contributed by atoms with Crippen molar-refractivity contribution in [2.45, 2.75) is 58.1 Å². The molecule has 3 nitrogen and oxygen atoms in total. The molecular weight excluding hydrogens is 272 g/mol. The van der Waals surface area contributed by atoms with Gasteiger partial charge in [-0.05, 0) is 43.2 Å². The first kappa shape index (κ1) is 17.0. The van der Waals surface area contributed by atoms with E-state index in [0.29, 0.717) is 12.5 Å². The van der Waals surface area contributed by atoms with Crippen molar-refractivity contribution < 1.29 is 5.11 Å². The molecule has 2 unspecified atom stereocenters. The highest BCUT2D eigenvalue weighted by Crippen LogP contribution is 2.32. The Morgan fingerprint density at radius 3 is 2.77 bits per heavy atom. The second kappa shape index (κ2) is 7.76. The highest BCUT2D eigenvalue weighted by atomic mass is 16.3. The van der Waals surface area contributed by atoms with Crippen LogP contribution in [0.4, 0.5) is 0 Å². The molecule has 1 aromatic carbocycles. The zero-order chi connectivity index (χ0) is 16.0. The molecule has 0 aromatic heterocycles. The molecule has 120 valence electrons. The van der Waals surface area contributed by atoms with Crippen molar-refractivity contribution in [2.75, 3.05) is 13.1 Å². The fourth-order valence-electron chi connectivity index (χ4n) is 3.46. The van der Waals surface area contributed by atoms with Crippen molar-refractivity contribution >= 4 is 0 Å². The predicted molar refractivity (Wildman–Crippen MR) is 89.2 cm³/mol. The molecule has 0 radical (unpaired) electrons. The van der Waals surface area contributed by atoms with Crippen LogP contribution in [0, 0.1) is 16.7 Å². The van der Waals surface area contributed by atoms with Crippen LogP contribution in [0.5, 0.6) is 0 Å². The number of aliphatic hydroxyl groups excluding tert-OH is 1. The normalized spacial score (nSPS) is 20.7. The largest absolute Gasteiger partial charge is 0.388 e. The maximum atomic E-state index is 10.5. The molecule has 22 heavy (non-hydrogen) atoms. The van der Waals surface area contributed by atoms with Gasteiger partial charge in [-0.15, -0.1) is 0 Å². The molecule has 0 bridgehead atoms. The third-order valence-corrected chi connectivity index (χ3v) is 4.72. The van der Waals surface area contributed by atoms with E-state index in [9.17, 15) is 5.11 Å². The summed E-state index contributed by atoms with van der Waals surface area (Å²) in [6.07, 6.45) is 4.36. The molecule has 2 atom stereocenters. The van der Waals surface area contributed by atoms with Gasteiger partial charge >= 0.3 is 0 Å². The summed E-state index contributed by atoms with van der Waals surface area (Å²) in [6, 6.07) is 12.7. The van der Waals surface area contributed by atoms with Crippen molar-refractivity contribution in [2.24, 2.45) is 5.41 Å². The van der Waals surface area contributed by atoms with E-state index in [1.165, 1.54) is 6.42 Å². The van der Waals surface area contributed by atoms with Gasteiger partial charge in [0.1, 0.15) is 0 Å². The summed E-state index contributed by atoms with van der Waals surface area (Å²) in [4.78, 5) is 2.52. The molecule has 3 heteroatoms. The van der Waals surface area contributed by atoms with Crippen molar-refractivity contribution in [1.82, 2.24) is 4.90 Å². The lowest BCUT2D eigenvalue weighted by Gasteiger charge is -2.34. The molecule has 0 spiro atoms. The van der Waals surface area contributed by atoms with Gasteiger partial charge in [0.2, 0.25) is 0 Å². The van der Waals surface area contributed by atoms with E-state index < -0.39 is 0 Å². The molecule has 2 rings (SSSR count). The van der Waals surface area contributed by atoms with Crippen LogP contribution in [0.3, 0.4) is 0 Å². The van der Waals surface area contributed by atoms with Gasteiger partial charge in [-0.2, -0.15) is 5.26 Å². The Labute approximate surface area is 134 Å². The lowest BCUT2D eigenvalue weighted by Crippen LogP contribution is -2.38. The van der Waals surface area contributed by atoms with Gasteiger partial charge in [0.15, 0.2) is 0 Å². The Morgan fingerprint density at radius 1 is 1.36 bits per heavy atom. The van der Waals surface area contributed by atoms with Crippen LogP contribution >= 0.6 is 0 Å². The van der Waals surface area contributed by atoms with Gasteiger partial charge in [0, 0.05) is 19.0 Å². The summed E-state index contributed by atoms with van der Waals surface area (Å²) in [5, 5.41) is 19.3. The van der Waals surface area contributed by atoms with Crippen LogP contribution in [-0.2, 0) is 0 Å². The van der Waals surface area contributed by atoms with E-state index >= 15 is 0 Å². The monoisotopic (exact) mass is 300 g/mol. The van der Waals surface area contributed by atoms with Crippen LogP contribution in [0.1, 0.15) is 57.6 Å². The summed E-state index contributed by atoms with van der Waals surface area (Å²) in [5.41, 5.74) is 1.17. The maximum Gasteiger partial charge on any atom is 0.0805 e. The molecule has 0 amide bonds. The maximum absolute atomic E-state index is 10.5. The van der Waals surface area contributed by atoms with Crippen molar-refractivity contribution in [1.29, 1.82) is 5.26 Å². The van der Waals surface area contributed by atoms with E-state index in [4.69, 9.17) is 5.26 Å². The smallest absolute Gasteiger partial charge is 0.0805 e. The van der Waals surface area contributed by atoms with E-state index in [1.807, 2.05) is 30.3 Å². The van der Waals surface area contributed by atoms with Gasteiger partial charge < -0.3 is 5.11 Å². The first-order chi connectivity index (χ1) is 10.5. The molecule has 0 saturated carbocycles. The van der Waals surface area contributed by atoms with E-state index in [0.717, 1.165) is 37.9 Å². The van der Waals surface area contributed by atoms with E-state index in [2.05, 4.69) is 24.8 Å². The number of hydrogen-bond acceptors (Lipinski definition) is 3. The summed E-state index contributed by atoms with van der Waals surface area (Å²) < 4.78 is 0. The van der Waals surface area contributed by atoms with Crippen LogP contribution < -0.4 is 0 Å². The second-order valence-corrected chi connectivity index (χ2v) is 7.25. The zero-order valence-electron chi connectivity index (χ0n) is 13.8. The predicted octanol–water partition coefficient (Wildman–Crippen LogP) is 3.90. The number of likely N-dealkylation sites (tertiary alicyclic amines) is 1. The van der Waals surface area contributed by atoms with Crippen LogP contribution in [0.2, 0.25) is 0 Å². The zero-order valence-corrected chi connectivity index (χ0v) is 13.8. The minimum atomic E-state index is -0.381. The Morgan fingerprint density at radius 2 is 2.09 bits per heavy atom. The number of aliphatic hydroxyl groups is 1. The van der Waals surface area contributed by atoms with E-state index in [-0.39, 0.29) is 11.5 Å². The molecule has 1 N–H and O–H groups in total. The van der Waals surface area contributed by atoms with Crippen LogP contribution in [-0.4, -0.2) is 29.1 Å². The summed E-state index contributed by atoms with van der Waals surface area (Å²) >= 11 is 0. The number of nitrogens with zero attached hydrogens (tertiary/aromatic N) is 2. The third-order valence-electron chi connectivity index (χ3n) is 4.72. The van der Waals surface area contributed by atoms with Crippen molar-refractivity contribution in [3.63, 3.8) is 0 Å². The highest BCUT2D eigenvalue weighted by Gasteiger charge is 2.31. The minimum absolute atomic E-state index is 0.163. The number of nitriles is 1. The summed E-state index contributed by atoms with van der Waals surface area (Å²) in [7, 11) is 0. The average Bonchev–Trinajstić information content (AvgIpc) is 2.92. The Hall–Kier alpha value is -1.37. The standard InChI is InChI=1S/C19H28N2O/c1-19(2,11-7-12-20)15-21-13-6-10-17(21)14-18(22)16-8-4-3-5-9-16/h3-5,8-9,17-18,22H,6-7,10-11,13-15H2,1-2H3. The van der Waals surface area contributed by atoms with Gasteiger partial charge in [0.25, 0.3) is 0 Å².